The molecule has 0 saturated carbocycles. The predicted molar refractivity (Wildman–Crippen MR) is 122 cm³/mol. The number of ether oxygens (including phenoxy) is 2. The number of nitrogens with one attached hydrogen (secondary N) is 1. The highest BCUT2D eigenvalue weighted by Crippen LogP contribution is 2.28. The van der Waals surface area contributed by atoms with Crippen LogP contribution in [-0.4, -0.2) is 39.0 Å². The molecule has 4 rings (SSSR count). The van der Waals surface area contributed by atoms with Gasteiger partial charge in [-0.15, -0.1) is 0 Å². The number of hydrogen-bond donors (Lipinski definition) is 1. The molecule has 0 aliphatic heterocycles. The molecule has 3 aromatic heterocycles. The normalized spacial score (nSPS) is 11.0. The zero-order valence-electron chi connectivity index (χ0n) is 18.8. The summed E-state index contributed by atoms with van der Waals surface area (Å²) in [7, 11) is 1.60. The first-order valence-corrected chi connectivity index (χ1v) is 10.5. The highest BCUT2D eigenvalue weighted by atomic mass is 16.5. The SMILES string of the molecule is CCOc1ccc(CNC(=O)Cn2nc(-n3cccc3)c3c(C)cc(C)nc32)cc1OC. The Bertz CT molecular complexity index is 1240. The minimum atomic E-state index is -0.151. The van der Waals surface area contributed by atoms with Gasteiger partial charge in [-0.3, -0.25) is 4.79 Å². The second-order valence-electron chi connectivity index (χ2n) is 7.55. The standard InChI is InChI=1S/C24H27N5O3/c1-5-32-19-9-8-18(13-20(19)31-4)14-25-21(30)15-29-23-22(16(2)12-17(3)26-23)24(27-29)28-10-6-7-11-28/h6-13H,5,14-15H2,1-4H3,(H,25,30). The van der Waals surface area contributed by atoms with Crippen LogP contribution < -0.4 is 14.8 Å². The number of amides is 1. The number of rotatable bonds is 8. The Morgan fingerprint density at radius 1 is 1.12 bits per heavy atom. The maximum Gasteiger partial charge on any atom is 0.242 e. The fourth-order valence-corrected chi connectivity index (χ4v) is 3.75. The third-order valence-corrected chi connectivity index (χ3v) is 5.17. The highest BCUT2D eigenvalue weighted by molar-refractivity contribution is 5.88. The number of pyridine rings is 1. The molecule has 3 heterocycles. The van der Waals surface area contributed by atoms with Gasteiger partial charge in [0, 0.05) is 24.6 Å². The number of aryl methyl sites for hydroxylation is 2. The molecule has 32 heavy (non-hydrogen) atoms. The lowest BCUT2D eigenvalue weighted by Gasteiger charge is -2.11. The molecular weight excluding hydrogens is 406 g/mol. The van der Waals surface area contributed by atoms with Gasteiger partial charge in [-0.25, -0.2) is 9.67 Å². The van der Waals surface area contributed by atoms with E-state index in [2.05, 4.69) is 10.3 Å². The molecule has 0 radical (unpaired) electrons. The van der Waals surface area contributed by atoms with Gasteiger partial charge in [0.2, 0.25) is 5.91 Å². The Morgan fingerprint density at radius 2 is 1.91 bits per heavy atom. The average molecular weight is 434 g/mol. The Hall–Kier alpha value is -3.81. The quantitative estimate of drug-likeness (QED) is 0.459. The van der Waals surface area contributed by atoms with Crippen molar-refractivity contribution in [2.75, 3.05) is 13.7 Å². The zero-order valence-corrected chi connectivity index (χ0v) is 18.8. The molecule has 1 amide bonds. The third kappa shape index (κ3) is 4.30. The summed E-state index contributed by atoms with van der Waals surface area (Å²) in [6.45, 7) is 6.90. The summed E-state index contributed by atoms with van der Waals surface area (Å²) >= 11 is 0. The van der Waals surface area contributed by atoms with E-state index in [9.17, 15) is 4.79 Å². The number of benzene rings is 1. The minimum absolute atomic E-state index is 0.0713. The lowest BCUT2D eigenvalue weighted by molar-refractivity contribution is -0.121. The summed E-state index contributed by atoms with van der Waals surface area (Å²) < 4.78 is 14.5. The molecule has 0 spiro atoms. The number of methoxy groups -OCH3 is 1. The van der Waals surface area contributed by atoms with Crippen molar-refractivity contribution in [3.63, 3.8) is 0 Å². The number of hydrogen-bond acceptors (Lipinski definition) is 5. The molecule has 1 N–H and O–H groups in total. The topological polar surface area (TPSA) is 83.2 Å². The van der Waals surface area contributed by atoms with Crippen molar-refractivity contribution in [2.24, 2.45) is 0 Å². The largest absolute Gasteiger partial charge is 0.493 e. The van der Waals surface area contributed by atoms with E-state index in [0.717, 1.165) is 28.0 Å². The Morgan fingerprint density at radius 3 is 2.62 bits per heavy atom. The molecule has 8 heteroatoms. The van der Waals surface area contributed by atoms with E-state index in [-0.39, 0.29) is 12.5 Å². The van der Waals surface area contributed by atoms with E-state index in [1.807, 2.05) is 74.1 Å². The van der Waals surface area contributed by atoms with Gasteiger partial charge >= 0.3 is 0 Å². The lowest BCUT2D eigenvalue weighted by Crippen LogP contribution is -2.27. The maximum absolute atomic E-state index is 12.8. The molecule has 1 aromatic carbocycles. The van der Waals surface area contributed by atoms with Gasteiger partial charge < -0.3 is 19.4 Å². The third-order valence-electron chi connectivity index (χ3n) is 5.17. The molecule has 0 unspecified atom stereocenters. The zero-order chi connectivity index (χ0) is 22.7. The summed E-state index contributed by atoms with van der Waals surface area (Å²) in [5.74, 6) is 1.94. The van der Waals surface area contributed by atoms with Crippen molar-refractivity contribution in [3.05, 3.63) is 65.6 Å². The average Bonchev–Trinajstić information content (AvgIpc) is 3.42. The van der Waals surface area contributed by atoms with Crippen LogP contribution in [0.1, 0.15) is 23.7 Å². The molecule has 4 aromatic rings. The number of nitrogens with zero attached hydrogens (tertiary/aromatic N) is 4. The summed E-state index contributed by atoms with van der Waals surface area (Å²) in [5.41, 5.74) is 3.58. The summed E-state index contributed by atoms with van der Waals surface area (Å²) in [6.07, 6.45) is 3.87. The Labute approximate surface area is 186 Å². The number of carbonyl (C=O) groups excluding carboxylic acids is 1. The lowest BCUT2D eigenvalue weighted by atomic mass is 10.2. The smallest absolute Gasteiger partial charge is 0.242 e. The van der Waals surface area contributed by atoms with E-state index in [1.54, 1.807) is 11.8 Å². The van der Waals surface area contributed by atoms with Crippen LogP contribution in [-0.2, 0) is 17.9 Å². The van der Waals surface area contributed by atoms with Gasteiger partial charge in [-0.05, 0) is 62.2 Å². The van der Waals surface area contributed by atoms with Gasteiger partial charge in [0.1, 0.15) is 6.54 Å². The molecule has 8 nitrogen and oxygen atoms in total. The molecule has 0 atom stereocenters. The van der Waals surface area contributed by atoms with Crippen molar-refractivity contribution >= 4 is 16.9 Å². The van der Waals surface area contributed by atoms with Crippen LogP contribution in [0.2, 0.25) is 0 Å². The molecular formula is C24H27N5O3. The predicted octanol–water partition coefficient (Wildman–Crippen LogP) is 3.56. The van der Waals surface area contributed by atoms with E-state index in [4.69, 9.17) is 14.6 Å². The molecule has 0 aliphatic carbocycles. The van der Waals surface area contributed by atoms with Crippen LogP contribution in [0.5, 0.6) is 11.5 Å². The number of carbonyl (C=O) groups is 1. The first kappa shape index (κ1) is 21.4. The van der Waals surface area contributed by atoms with Gasteiger partial charge in [0.05, 0.1) is 19.1 Å². The van der Waals surface area contributed by atoms with Gasteiger partial charge in [0.25, 0.3) is 0 Å². The Kier molecular flexibility index (Phi) is 6.11. The first-order chi connectivity index (χ1) is 15.5. The van der Waals surface area contributed by atoms with Crippen LogP contribution >= 0.6 is 0 Å². The van der Waals surface area contributed by atoms with E-state index >= 15 is 0 Å². The summed E-state index contributed by atoms with van der Waals surface area (Å²) in [5, 5.41) is 8.61. The fraction of sp³-hybridized carbons (Fsp3) is 0.292. The summed E-state index contributed by atoms with van der Waals surface area (Å²) in [4.78, 5) is 17.4. The van der Waals surface area contributed by atoms with E-state index in [1.165, 1.54) is 0 Å². The van der Waals surface area contributed by atoms with E-state index in [0.29, 0.717) is 30.3 Å². The molecule has 0 fully saturated rings. The Balaban J connectivity index is 1.54. The van der Waals surface area contributed by atoms with Gasteiger partial charge in [-0.1, -0.05) is 6.07 Å². The number of fused-ring (bicyclic) bond motifs is 1. The van der Waals surface area contributed by atoms with Crippen molar-refractivity contribution in [1.82, 2.24) is 24.6 Å². The number of aromatic nitrogens is 4. The molecule has 0 aliphatic rings. The fourth-order valence-electron chi connectivity index (χ4n) is 3.75. The van der Waals surface area contributed by atoms with Crippen LogP contribution in [0.25, 0.3) is 16.9 Å². The molecule has 166 valence electrons. The minimum Gasteiger partial charge on any atom is -0.493 e. The van der Waals surface area contributed by atoms with Crippen LogP contribution in [0, 0.1) is 13.8 Å². The highest BCUT2D eigenvalue weighted by Gasteiger charge is 2.18. The van der Waals surface area contributed by atoms with Crippen LogP contribution in [0.4, 0.5) is 0 Å². The maximum atomic E-state index is 12.8. The van der Waals surface area contributed by atoms with Crippen molar-refractivity contribution in [2.45, 2.75) is 33.9 Å². The monoisotopic (exact) mass is 433 g/mol. The van der Waals surface area contributed by atoms with Crippen LogP contribution in [0.15, 0.2) is 48.8 Å². The van der Waals surface area contributed by atoms with Crippen molar-refractivity contribution < 1.29 is 14.3 Å². The second-order valence-corrected chi connectivity index (χ2v) is 7.55. The van der Waals surface area contributed by atoms with E-state index < -0.39 is 0 Å². The molecule has 0 saturated heterocycles. The van der Waals surface area contributed by atoms with Gasteiger partial charge in [-0.2, -0.15) is 5.10 Å². The molecule has 0 bridgehead atoms. The van der Waals surface area contributed by atoms with Gasteiger partial charge in [0.15, 0.2) is 23.0 Å². The van der Waals surface area contributed by atoms with Crippen LogP contribution in [0.3, 0.4) is 0 Å². The first-order valence-electron chi connectivity index (χ1n) is 10.5. The second kappa shape index (κ2) is 9.13. The summed E-state index contributed by atoms with van der Waals surface area (Å²) in [6, 6.07) is 11.5. The van der Waals surface area contributed by atoms with Crippen molar-refractivity contribution in [3.8, 4) is 17.3 Å². The van der Waals surface area contributed by atoms with Crippen molar-refractivity contribution in [1.29, 1.82) is 0 Å².